The normalized spacial score (nSPS) is 36.0. The zero-order valence-corrected chi connectivity index (χ0v) is 10.8. The van der Waals surface area contributed by atoms with Gasteiger partial charge in [-0.2, -0.15) is 0 Å². The number of aliphatic hydroxyl groups is 3. The fourth-order valence-corrected chi connectivity index (χ4v) is 2.15. The summed E-state index contributed by atoms with van der Waals surface area (Å²) in [5, 5.41) is 30.5. The van der Waals surface area contributed by atoms with Crippen molar-refractivity contribution >= 4 is 13.7 Å². The van der Waals surface area contributed by atoms with Gasteiger partial charge in [0.05, 0.1) is 6.61 Å². The second-order valence-electron chi connectivity index (χ2n) is 4.03. The van der Waals surface area contributed by atoms with Crippen LogP contribution in [-0.4, -0.2) is 68.3 Å². The highest BCUT2D eigenvalue weighted by Gasteiger charge is 2.47. The lowest BCUT2D eigenvalue weighted by Crippen LogP contribution is -2.64. The highest BCUT2D eigenvalue weighted by atomic mass is 31.2. The summed E-state index contributed by atoms with van der Waals surface area (Å²) in [7, 11) is -4.95. The van der Waals surface area contributed by atoms with Crippen molar-refractivity contribution in [1.82, 2.24) is 5.32 Å². The Kier molecular flexibility index (Phi) is 5.42. The maximum atomic E-state index is 11.0. The summed E-state index contributed by atoms with van der Waals surface area (Å²) in [5.74, 6) is -0.624. The van der Waals surface area contributed by atoms with Crippen LogP contribution in [0.1, 0.15) is 6.92 Å². The predicted molar refractivity (Wildman–Crippen MR) is 58.5 cm³/mol. The molecule has 0 spiro atoms. The van der Waals surface area contributed by atoms with Gasteiger partial charge in [-0.1, -0.05) is 0 Å². The molecule has 1 amide bonds. The van der Waals surface area contributed by atoms with Gasteiger partial charge in [-0.15, -0.1) is 0 Å². The van der Waals surface area contributed by atoms with Gasteiger partial charge < -0.3 is 35.2 Å². The van der Waals surface area contributed by atoms with Crippen LogP contribution in [0, 0.1) is 0 Å². The van der Waals surface area contributed by atoms with Gasteiger partial charge in [0.2, 0.25) is 5.91 Å². The van der Waals surface area contributed by atoms with E-state index in [0.717, 1.165) is 6.92 Å². The van der Waals surface area contributed by atoms with Crippen LogP contribution < -0.4 is 5.32 Å². The second-order valence-corrected chi connectivity index (χ2v) is 5.22. The molecule has 1 aliphatic heterocycles. The molecule has 1 unspecified atom stereocenters. The zero-order chi connectivity index (χ0) is 14.8. The Morgan fingerprint density at radius 3 is 2.37 bits per heavy atom. The van der Waals surface area contributed by atoms with Crippen LogP contribution in [0.2, 0.25) is 0 Å². The van der Waals surface area contributed by atoms with E-state index >= 15 is 0 Å². The van der Waals surface area contributed by atoms with Crippen molar-refractivity contribution in [1.29, 1.82) is 0 Å². The lowest BCUT2D eigenvalue weighted by molar-refractivity contribution is -0.248. The van der Waals surface area contributed by atoms with Gasteiger partial charge in [0.25, 0.3) is 0 Å². The lowest BCUT2D eigenvalue weighted by atomic mass is 9.97. The van der Waals surface area contributed by atoms with Crippen LogP contribution in [-0.2, 0) is 18.6 Å². The van der Waals surface area contributed by atoms with Crippen molar-refractivity contribution in [3.8, 4) is 0 Å². The highest BCUT2D eigenvalue weighted by molar-refractivity contribution is 7.46. The first-order valence-corrected chi connectivity index (χ1v) is 6.82. The number of ether oxygens (including phenoxy) is 1. The van der Waals surface area contributed by atoms with Gasteiger partial charge in [-0.25, -0.2) is 4.57 Å². The largest absolute Gasteiger partial charge is 0.472 e. The molecule has 1 rings (SSSR count). The van der Waals surface area contributed by atoms with Crippen molar-refractivity contribution in [3.63, 3.8) is 0 Å². The summed E-state index contributed by atoms with van der Waals surface area (Å²) < 4.78 is 20.0. The Morgan fingerprint density at radius 1 is 1.37 bits per heavy atom. The molecule has 1 aliphatic rings. The van der Waals surface area contributed by atoms with E-state index in [4.69, 9.17) is 19.6 Å². The molecule has 0 bridgehead atoms. The summed E-state index contributed by atoms with van der Waals surface area (Å²) in [4.78, 5) is 28.4. The SMILES string of the molecule is CC(=O)N[C@H]1C(OP(=O)(O)O)O[C@H](CO)[C@H](O)[C@@H]1O. The van der Waals surface area contributed by atoms with E-state index in [9.17, 15) is 19.6 Å². The van der Waals surface area contributed by atoms with Crippen LogP contribution in [0.4, 0.5) is 0 Å². The quantitative estimate of drug-likeness (QED) is 0.297. The second kappa shape index (κ2) is 6.25. The average molecular weight is 301 g/mol. The topological polar surface area (TPSA) is 166 Å². The Hall–Kier alpha value is -0.580. The maximum Gasteiger partial charge on any atom is 0.472 e. The predicted octanol–water partition coefficient (Wildman–Crippen LogP) is -2.96. The number of hydrogen-bond donors (Lipinski definition) is 6. The molecule has 0 aromatic carbocycles. The number of amides is 1. The standard InChI is InChI=1S/C8H16NO9P/c1-3(11)9-5-7(13)6(12)4(2-10)17-8(5)18-19(14,15)16/h4-8,10,12-13H,2H2,1H3,(H,9,11)(H2,14,15,16)/t4-,5-,6+,7-,8?/m1/s1. The molecule has 5 atom stereocenters. The molecular formula is C8H16NO9P. The maximum absolute atomic E-state index is 11.0. The molecule has 11 heteroatoms. The fourth-order valence-electron chi connectivity index (χ4n) is 1.70. The third-order valence-corrected chi connectivity index (χ3v) is 2.97. The van der Waals surface area contributed by atoms with Crippen LogP contribution in [0.15, 0.2) is 0 Å². The summed E-state index contributed by atoms with van der Waals surface area (Å²) >= 11 is 0. The van der Waals surface area contributed by atoms with Gasteiger partial charge in [0.15, 0.2) is 6.29 Å². The first-order valence-electron chi connectivity index (χ1n) is 5.29. The van der Waals surface area contributed by atoms with Crippen molar-refractivity contribution in [2.45, 2.75) is 37.6 Å². The third kappa shape index (κ3) is 4.48. The van der Waals surface area contributed by atoms with Crippen LogP contribution in [0.25, 0.3) is 0 Å². The third-order valence-electron chi connectivity index (χ3n) is 2.49. The van der Waals surface area contributed by atoms with Gasteiger partial charge >= 0.3 is 7.82 Å². The van der Waals surface area contributed by atoms with E-state index in [1.807, 2.05) is 0 Å². The highest BCUT2D eigenvalue weighted by Crippen LogP contribution is 2.40. The van der Waals surface area contributed by atoms with E-state index < -0.39 is 51.0 Å². The number of carbonyl (C=O) groups excluding carboxylic acids is 1. The van der Waals surface area contributed by atoms with Crippen molar-refractivity contribution in [2.75, 3.05) is 6.61 Å². The van der Waals surface area contributed by atoms with E-state index in [1.165, 1.54) is 0 Å². The lowest BCUT2D eigenvalue weighted by Gasteiger charge is -2.41. The minimum atomic E-state index is -4.95. The number of phosphoric acid groups is 1. The van der Waals surface area contributed by atoms with Crippen LogP contribution >= 0.6 is 7.82 Å². The molecule has 1 saturated heterocycles. The van der Waals surface area contributed by atoms with Crippen LogP contribution in [0.5, 0.6) is 0 Å². The molecule has 19 heavy (non-hydrogen) atoms. The molecule has 10 nitrogen and oxygen atoms in total. The van der Waals surface area contributed by atoms with Gasteiger partial charge in [-0.3, -0.25) is 9.32 Å². The summed E-state index contributed by atoms with van der Waals surface area (Å²) in [6.45, 7) is 0.401. The number of hydrogen-bond acceptors (Lipinski definition) is 7. The first-order chi connectivity index (χ1) is 8.65. The number of carbonyl (C=O) groups is 1. The molecule has 0 aliphatic carbocycles. The Labute approximate surface area is 108 Å². The molecule has 1 heterocycles. The average Bonchev–Trinajstić information content (AvgIpc) is 2.26. The molecule has 1 fully saturated rings. The monoisotopic (exact) mass is 301 g/mol. The minimum absolute atomic E-state index is 0.624. The number of phosphoric ester groups is 1. The molecule has 6 N–H and O–H groups in total. The number of rotatable bonds is 4. The smallest absolute Gasteiger partial charge is 0.394 e. The summed E-state index contributed by atoms with van der Waals surface area (Å²) in [5.41, 5.74) is 0. The summed E-state index contributed by atoms with van der Waals surface area (Å²) in [6.07, 6.45) is -6.17. The summed E-state index contributed by atoms with van der Waals surface area (Å²) in [6, 6.07) is -1.39. The first kappa shape index (κ1) is 16.5. The van der Waals surface area contributed by atoms with Crippen molar-refractivity contribution in [3.05, 3.63) is 0 Å². The zero-order valence-electron chi connectivity index (χ0n) is 9.91. The molecular weight excluding hydrogens is 285 g/mol. The molecule has 0 aromatic rings. The minimum Gasteiger partial charge on any atom is -0.394 e. The van der Waals surface area contributed by atoms with Crippen molar-refractivity contribution < 1.29 is 43.7 Å². The van der Waals surface area contributed by atoms with E-state index in [-0.39, 0.29) is 0 Å². The van der Waals surface area contributed by atoms with Crippen LogP contribution in [0.3, 0.4) is 0 Å². The number of aliphatic hydroxyl groups excluding tert-OH is 3. The molecule has 0 saturated carbocycles. The van der Waals surface area contributed by atoms with Gasteiger partial charge in [-0.05, 0) is 0 Å². The van der Waals surface area contributed by atoms with Crippen molar-refractivity contribution in [2.24, 2.45) is 0 Å². The Balaban J connectivity index is 2.92. The van der Waals surface area contributed by atoms with E-state index in [0.29, 0.717) is 0 Å². The molecule has 112 valence electrons. The Bertz CT molecular complexity index is 371. The number of nitrogens with one attached hydrogen (secondary N) is 1. The Morgan fingerprint density at radius 2 is 1.95 bits per heavy atom. The van der Waals surface area contributed by atoms with E-state index in [1.54, 1.807) is 0 Å². The van der Waals surface area contributed by atoms with Gasteiger partial charge in [0, 0.05) is 6.92 Å². The molecule has 0 aromatic heterocycles. The molecule has 0 radical (unpaired) electrons. The van der Waals surface area contributed by atoms with E-state index in [2.05, 4.69) is 9.84 Å². The fraction of sp³-hybridized carbons (Fsp3) is 0.875. The van der Waals surface area contributed by atoms with Gasteiger partial charge in [0.1, 0.15) is 24.4 Å².